The number of rotatable bonds is 6. The van der Waals surface area contributed by atoms with E-state index >= 15 is 0 Å². The van der Waals surface area contributed by atoms with E-state index in [1.54, 1.807) is 18.0 Å². The van der Waals surface area contributed by atoms with Crippen LogP contribution in [-0.2, 0) is 11.2 Å². The van der Waals surface area contributed by atoms with Crippen LogP contribution in [0.4, 0.5) is 0 Å². The van der Waals surface area contributed by atoms with Gasteiger partial charge in [0.05, 0.1) is 5.75 Å². The van der Waals surface area contributed by atoms with Gasteiger partial charge in [0.25, 0.3) is 0 Å². The molecule has 2 aromatic rings. The number of hydrogen-bond donors (Lipinski definition) is 1. The van der Waals surface area contributed by atoms with Gasteiger partial charge in [0.2, 0.25) is 5.91 Å². The van der Waals surface area contributed by atoms with Crippen molar-refractivity contribution in [3.05, 3.63) is 53.9 Å². The Kier molecular flexibility index (Phi) is 5.76. The van der Waals surface area contributed by atoms with Gasteiger partial charge in [0.15, 0.2) is 0 Å². The molecule has 0 aliphatic carbocycles. The Morgan fingerprint density at radius 3 is 2.72 bits per heavy atom. The average molecular weight is 356 g/mol. The zero-order valence-electron chi connectivity index (χ0n) is 14.7. The van der Waals surface area contributed by atoms with Gasteiger partial charge >= 0.3 is 0 Å². The lowest BCUT2D eigenvalue weighted by Gasteiger charge is -2.27. The zero-order chi connectivity index (χ0) is 17.8. The van der Waals surface area contributed by atoms with Gasteiger partial charge < -0.3 is 10.0 Å². The first-order valence-electron chi connectivity index (χ1n) is 8.65. The third kappa shape index (κ3) is 4.05. The van der Waals surface area contributed by atoms with Crippen LogP contribution >= 0.6 is 11.8 Å². The quantitative estimate of drug-likeness (QED) is 0.860. The van der Waals surface area contributed by atoms with Gasteiger partial charge in [0.1, 0.15) is 5.37 Å². The maximum absolute atomic E-state index is 12.3. The molecule has 0 spiro atoms. The van der Waals surface area contributed by atoms with E-state index in [1.807, 2.05) is 17.2 Å². The van der Waals surface area contributed by atoms with Crippen molar-refractivity contribution in [2.24, 2.45) is 5.92 Å². The molecule has 132 valence electrons. The molecule has 5 heteroatoms. The summed E-state index contributed by atoms with van der Waals surface area (Å²) in [5, 5.41) is 9.09. The van der Waals surface area contributed by atoms with Crippen LogP contribution in [0.3, 0.4) is 0 Å². The van der Waals surface area contributed by atoms with Crippen molar-refractivity contribution < 1.29 is 9.90 Å². The van der Waals surface area contributed by atoms with E-state index in [0.29, 0.717) is 18.1 Å². The van der Waals surface area contributed by atoms with Gasteiger partial charge in [-0.1, -0.05) is 38.1 Å². The molecule has 1 saturated heterocycles. The minimum absolute atomic E-state index is 0.0238. The lowest BCUT2D eigenvalue weighted by atomic mass is 9.99. The first-order valence-corrected chi connectivity index (χ1v) is 9.70. The summed E-state index contributed by atoms with van der Waals surface area (Å²) in [5.41, 5.74) is 4.44. The number of aliphatic hydroxyl groups excluding tert-OH is 1. The standard InChI is InChI=1S/C20H24N2O2S/c1-14(2)12-22-19(24)13-25-20(22)18-11-21-9-7-17(18)16-5-3-15(4-6-16)8-10-23/h3-7,9,11,14,20,23H,8,10,12-13H2,1-2H3. The molecule has 1 aliphatic rings. The number of nitrogens with zero attached hydrogens (tertiary/aromatic N) is 2. The van der Waals surface area contributed by atoms with E-state index in [9.17, 15) is 4.79 Å². The normalized spacial score (nSPS) is 17.5. The number of aromatic nitrogens is 1. The van der Waals surface area contributed by atoms with Crippen LogP contribution in [0.5, 0.6) is 0 Å². The summed E-state index contributed by atoms with van der Waals surface area (Å²) in [6.07, 6.45) is 4.36. The topological polar surface area (TPSA) is 53.4 Å². The number of benzene rings is 1. The van der Waals surface area contributed by atoms with E-state index in [1.165, 1.54) is 0 Å². The zero-order valence-corrected chi connectivity index (χ0v) is 15.5. The highest BCUT2D eigenvalue weighted by Crippen LogP contribution is 2.42. The molecule has 1 amide bonds. The Morgan fingerprint density at radius 2 is 2.04 bits per heavy atom. The third-order valence-electron chi connectivity index (χ3n) is 4.31. The molecule has 4 nitrogen and oxygen atoms in total. The molecule has 1 fully saturated rings. The van der Waals surface area contributed by atoms with Crippen molar-refractivity contribution in [1.82, 2.24) is 9.88 Å². The van der Waals surface area contributed by atoms with Crippen LogP contribution in [0.25, 0.3) is 11.1 Å². The minimum atomic E-state index is 0.0238. The Morgan fingerprint density at radius 1 is 1.28 bits per heavy atom. The van der Waals surface area contributed by atoms with Gasteiger partial charge in [-0.25, -0.2) is 0 Å². The second kappa shape index (κ2) is 8.02. The maximum Gasteiger partial charge on any atom is 0.233 e. The Balaban J connectivity index is 1.94. The van der Waals surface area contributed by atoms with Gasteiger partial charge in [-0.3, -0.25) is 9.78 Å². The third-order valence-corrected chi connectivity index (χ3v) is 5.55. The molecule has 1 aromatic heterocycles. The molecule has 25 heavy (non-hydrogen) atoms. The second-order valence-electron chi connectivity index (χ2n) is 6.74. The Labute approximate surface area is 153 Å². The average Bonchev–Trinajstić information content (AvgIpc) is 2.96. The first-order chi connectivity index (χ1) is 12.1. The van der Waals surface area contributed by atoms with Gasteiger partial charge in [-0.15, -0.1) is 11.8 Å². The van der Waals surface area contributed by atoms with Crippen LogP contribution in [0, 0.1) is 5.92 Å². The lowest BCUT2D eigenvalue weighted by Crippen LogP contribution is -2.31. The molecule has 1 unspecified atom stereocenters. The minimum Gasteiger partial charge on any atom is -0.396 e. The van der Waals surface area contributed by atoms with Crippen molar-refractivity contribution >= 4 is 17.7 Å². The van der Waals surface area contributed by atoms with Crippen LogP contribution in [0.2, 0.25) is 0 Å². The van der Waals surface area contributed by atoms with Crippen LogP contribution in [-0.4, -0.2) is 39.8 Å². The largest absolute Gasteiger partial charge is 0.396 e. The number of thioether (sulfide) groups is 1. The number of carbonyl (C=O) groups is 1. The van der Waals surface area contributed by atoms with Gasteiger partial charge in [0, 0.05) is 31.1 Å². The summed E-state index contributed by atoms with van der Waals surface area (Å²) in [7, 11) is 0. The molecule has 0 radical (unpaired) electrons. The summed E-state index contributed by atoms with van der Waals surface area (Å²) in [6.45, 7) is 5.19. The summed E-state index contributed by atoms with van der Waals surface area (Å²) in [6, 6.07) is 10.3. The fourth-order valence-electron chi connectivity index (χ4n) is 3.15. The summed E-state index contributed by atoms with van der Waals surface area (Å²) in [4.78, 5) is 18.6. The highest BCUT2D eigenvalue weighted by molar-refractivity contribution is 8.00. The van der Waals surface area contributed by atoms with Crippen LogP contribution < -0.4 is 0 Å². The lowest BCUT2D eigenvalue weighted by molar-refractivity contribution is -0.128. The van der Waals surface area contributed by atoms with Crippen molar-refractivity contribution in [2.75, 3.05) is 18.9 Å². The van der Waals surface area contributed by atoms with E-state index < -0.39 is 0 Å². The molecule has 2 heterocycles. The smallest absolute Gasteiger partial charge is 0.233 e. The van der Waals surface area contributed by atoms with E-state index in [-0.39, 0.29) is 17.9 Å². The highest BCUT2D eigenvalue weighted by Gasteiger charge is 2.34. The highest BCUT2D eigenvalue weighted by atomic mass is 32.2. The van der Waals surface area contributed by atoms with Crippen LogP contribution in [0.15, 0.2) is 42.7 Å². The monoisotopic (exact) mass is 356 g/mol. The predicted octanol–water partition coefficient (Wildman–Crippen LogP) is 3.51. The molecule has 0 saturated carbocycles. The summed E-state index contributed by atoms with van der Waals surface area (Å²) < 4.78 is 0. The van der Waals surface area contributed by atoms with E-state index in [4.69, 9.17) is 5.11 Å². The number of carbonyl (C=O) groups excluding carboxylic acids is 1. The second-order valence-corrected chi connectivity index (χ2v) is 7.81. The molecular weight excluding hydrogens is 332 g/mol. The number of aliphatic hydroxyl groups is 1. The Bertz CT molecular complexity index is 731. The van der Waals surface area contributed by atoms with Gasteiger partial charge in [-0.2, -0.15) is 0 Å². The molecule has 1 atom stereocenters. The molecule has 1 aromatic carbocycles. The molecule has 1 N–H and O–H groups in total. The number of pyridine rings is 1. The van der Waals surface area contributed by atoms with Crippen molar-refractivity contribution in [3.8, 4) is 11.1 Å². The van der Waals surface area contributed by atoms with Gasteiger partial charge in [-0.05, 0) is 35.1 Å². The SMILES string of the molecule is CC(C)CN1C(=O)CSC1c1cnccc1-c1ccc(CCO)cc1. The molecule has 3 rings (SSSR count). The van der Waals surface area contributed by atoms with Crippen molar-refractivity contribution in [3.63, 3.8) is 0 Å². The number of hydrogen-bond acceptors (Lipinski definition) is 4. The summed E-state index contributed by atoms with van der Waals surface area (Å²) in [5.74, 6) is 1.17. The van der Waals surface area contributed by atoms with Crippen molar-refractivity contribution in [1.29, 1.82) is 0 Å². The molecular formula is C20H24N2O2S. The maximum atomic E-state index is 12.3. The van der Waals surface area contributed by atoms with E-state index in [0.717, 1.165) is 28.8 Å². The fourth-order valence-corrected chi connectivity index (χ4v) is 4.37. The summed E-state index contributed by atoms with van der Waals surface area (Å²) >= 11 is 1.68. The Hall–Kier alpha value is -1.85. The first kappa shape index (κ1) is 18.0. The molecule has 1 aliphatic heterocycles. The molecule has 0 bridgehead atoms. The van der Waals surface area contributed by atoms with E-state index in [2.05, 4.69) is 43.1 Å². The van der Waals surface area contributed by atoms with Crippen LogP contribution in [0.1, 0.15) is 30.3 Å². The predicted molar refractivity (Wildman–Crippen MR) is 102 cm³/mol. The fraction of sp³-hybridized carbons (Fsp3) is 0.400. The number of amides is 1. The van der Waals surface area contributed by atoms with Crippen molar-refractivity contribution in [2.45, 2.75) is 25.6 Å².